The first-order chi connectivity index (χ1) is 17.5. The lowest BCUT2D eigenvalue weighted by Gasteiger charge is -2.20. The van der Waals surface area contributed by atoms with Gasteiger partial charge in [0.15, 0.2) is 9.84 Å². The Hall–Kier alpha value is -2.87. The number of anilines is 1. The Kier molecular flexibility index (Phi) is 7.97. The Bertz CT molecular complexity index is 1540. The van der Waals surface area contributed by atoms with Crippen LogP contribution in [0.3, 0.4) is 0 Å². The number of primary sulfonamides is 1. The summed E-state index contributed by atoms with van der Waals surface area (Å²) >= 11 is 0. The molecule has 0 aliphatic heterocycles. The Morgan fingerprint density at radius 2 is 1.51 bits per heavy atom. The lowest BCUT2D eigenvalue weighted by Crippen LogP contribution is -2.26. The lowest BCUT2D eigenvalue weighted by molar-refractivity contribution is 0.485. The summed E-state index contributed by atoms with van der Waals surface area (Å²) in [5, 5.41) is 7.47. The zero-order chi connectivity index (χ0) is 26.7. The number of sulfonamides is 1. The molecule has 13 heteroatoms. The van der Waals surface area contributed by atoms with Crippen LogP contribution in [-0.4, -0.2) is 30.5 Å². The zero-order valence-electron chi connectivity index (χ0n) is 19.9. The molecule has 0 atom stereocenters. The number of rotatable bonds is 9. The molecule has 3 aromatic rings. The molecule has 1 saturated carbocycles. The summed E-state index contributed by atoms with van der Waals surface area (Å²) in [6, 6.07) is 12.7. The van der Waals surface area contributed by atoms with Crippen LogP contribution in [0.15, 0.2) is 80.0 Å². The third kappa shape index (κ3) is 6.35. The van der Waals surface area contributed by atoms with Crippen molar-refractivity contribution in [1.82, 2.24) is 0 Å². The van der Waals surface area contributed by atoms with Crippen molar-refractivity contribution in [3.8, 4) is 5.75 Å². The van der Waals surface area contributed by atoms with Gasteiger partial charge >= 0.3 is 10.1 Å². The zero-order valence-corrected chi connectivity index (χ0v) is 22.3. The average molecular weight is 569 g/mol. The van der Waals surface area contributed by atoms with Gasteiger partial charge in [-0.05, 0) is 49.2 Å². The predicted molar refractivity (Wildman–Crippen MR) is 137 cm³/mol. The molecular formula is C24H28N2O8S3. The summed E-state index contributed by atoms with van der Waals surface area (Å²) in [5.41, 5.74) is -0.160. The smallest absolute Gasteiger partial charge is 0.341 e. The maximum Gasteiger partial charge on any atom is 0.341 e. The van der Waals surface area contributed by atoms with Gasteiger partial charge in [0.05, 0.1) is 28.6 Å². The maximum absolute atomic E-state index is 13.7. The van der Waals surface area contributed by atoms with Crippen LogP contribution in [0.5, 0.6) is 5.75 Å². The molecule has 0 saturated heterocycles. The van der Waals surface area contributed by atoms with Gasteiger partial charge in [-0.25, -0.2) is 22.0 Å². The number of hydrogen-bond acceptors (Lipinski definition) is 9. The number of hydrogen-bond donors (Lipinski definition) is 2. The van der Waals surface area contributed by atoms with E-state index in [1.54, 1.807) is 30.3 Å². The summed E-state index contributed by atoms with van der Waals surface area (Å²) < 4.78 is 89.7. The van der Waals surface area contributed by atoms with Crippen molar-refractivity contribution in [1.29, 1.82) is 0 Å². The van der Waals surface area contributed by atoms with Crippen LogP contribution in [-0.2, 0) is 36.5 Å². The summed E-state index contributed by atoms with van der Waals surface area (Å²) in [4.78, 5) is -1.91. The van der Waals surface area contributed by atoms with Crippen LogP contribution in [0.1, 0.15) is 44.3 Å². The first-order valence-corrected chi connectivity index (χ1v) is 16.2. The normalized spacial score (nSPS) is 15.7. The summed E-state index contributed by atoms with van der Waals surface area (Å²) in [5.74, 6) is 0.433. The minimum Gasteiger partial charge on any atom is -0.467 e. The van der Waals surface area contributed by atoms with Crippen molar-refractivity contribution in [2.75, 3.05) is 5.32 Å². The number of furan rings is 1. The Morgan fingerprint density at radius 3 is 2.11 bits per heavy atom. The van der Waals surface area contributed by atoms with E-state index in [2.05, 4.69) is 5.32 Å². The number of nitrogens with one attached hydrogen (secondary N) is 1. The number of para-hydroxylation sites is 1. The van der Waals surface area contributed by atoms with Gasteiger partial charge in [-0.3, -0.25) is 0 Å². The topological polar surface area (TPSA) is 163 Å². The second-order valence-corrected chi connectivity index (χ2v) is 14.0. The SMILES string of the molecule is NS(=O)(=O)c1cc(S(=O)(=O)Oc2ccccc2)c(NCc2ccco2)cc1S(=O)(=O)C1CCCCCC1. The van der Waals surface area contributed by atoms with Gasteiger partial charge in [0.25, 0.3) is 0 Å². The van der Waals surface area contributed by atoms with E-state index in [-0.39, 0.29) is 18.0 Å². The van der Waals surface area contributed by atoms with Crippen LogP contribution in [0.4, 0.5) is 5.69 Å². The highest BCUT2D eigenvalue weighted by molar-refractivity contribution is 7.94. The van der Waals surface area contributed by atoms with Crippen molar-refractivity contribution in [2.24, 2.45) is 5.14 Å². The Labute approximate surface area is 216 Å². The van der Waals surface area contributed by atoms with Gasteiger partial charge in [-0.1, -0.05) is 43.9 Å². The molecule has 0 bridgehead atoms. The van der Waals surface area contributed by atoms with E-state index in [4.69, 9.17) is 13.7 Å². The van der Waals surface area contributed by atoms with Crippen LogP contribution in [0.2, 0.25) is 0 Å². The highest BCUT2D eigenvalue weighted by Crippen LogP contribution is 2.37. The summed E-state index contributed by atoms with van der Waals surface area (Å²) in [6.45, 7) is -0.00149. The molecule has 4 rings (SSSR count). The quantitative estimate of drug-likeness (QED) is 0.289. The molecule has 1 fully saturated rings. The molecule has 200 valence electrons. The molecule has 2 aromatic carbocycles. The maximum atomic E-state index is 13.7. The fraction of sp³-hybridized carbons (Fsp3) is 0.333. The van der Waals surface area contributed by atoms with Crippen molar-refractivity contribution in [3.05, 3.63) is 66.6 Å². The molecule has 3 N–H and O–H groups in total. The Balaban J connectivity index is 1.88. The third-order valence-corrected chi connectivity index (χ3v) is 10.8. The predicted octanol–water partition coefficient (Wildman–Crippen LogP) is 3.80. The van der Waals surface area contributed by atoms with Gasteiger partial charge in [0.2, 0.25) is 10.0 Å². The molecule has 1 aliphatic carbocycles. The summed E-state index contributed by atoms with van der Waals surface area (Å²) in [7, 11) is -13.4. The molecule has 1 aliphatic rings. The second-order valence-electron chi connectivity index (χ2n) is 8.78. The van der Waals surface area contributed by atoms with E-state index >= 15 is 0 Å². The number of benzene rings is 2. The van der Waals surface area contributed by atoms with E-state index in [1.165, 1.54) is 18.4 Å². The van der Waals surface area contributed by atoms with Crippen LogP contribution >= 0.6 is 0 Å². The second kappa shape index (κ2) is 10.9. The molecule has 10 nitrogen and oxygen atoms in total. The van der Waals surface area contributed by atoms with Crippen LogP contribution < -0.4 is 14.6 Å². The average Bonchev–Trinajstić information content (AvgIpc) is 3.21. The molecular weight excluding hydrogens is 540 g/mol. The van der Waals surface area contributed by atoms with E-state index in [1.807, 2.05) is 0 Å². The van der Waals surface area contributed by atoms with Crippen molar-refractivity contribution < 1.29 is 33.9 Å². The van der Waals surface area contributed by atoms with Gasteiger partial charge in [-0.15, -0.1) is 0 Å². The van der Waals surface area contributed by atoms with Crippen LogP contribution in [0.25, 0.3) is 0 Å². The van der Waals surface area contributed by atoms with Crippen molar-refractivity contribution >= 4 is 35.7 Å². The molecule has 1 heterocycles. The van der Waals surface area contributed by atoms with E-state index in [9.17, 15) is 25.3 Å². The number of nitrogens with two attached hydrogens (primary N) is 1. The monoisotopic (exact) mass is 568 g/mol. The first-order valence-electron chi connectivity index (χ1n) is 11.7. The highest BCUT2D eigenvalue weighted by Gasteiger charge is 2.36. The highest BCUT2D eigenvalue weighted by atomic mass is 32.2. The van der Waals surface area contributed by atoms with Crippen LogP contribution in [0, 0.1) is 0 Å². The largest absolute Gasteiger partial charge is 0.467 e. The molecule has 1 aromatic heterocycles. The third-order valence-electron chi connectivity index (χ3n) is 6.15. The van der Waals surface area contributed by atoms with Gasteiger partial charge in [0, 0.05) is 0 Å². The van der Waals surface area contributed by atoms with Crippen molar-refractivity contribution in [3.63, 3.8) is 0 Å². The van der Waals surface area contributed by atoms with Crippen molar-refractivity contribution in [2.45, 2.75) is 65.0 Å². The van der Waals surface area contributed by atoms with Gasteiger partial charge < -0.3 is 13.9 Å². The van der Waals surface area contributed by atoms with E-state index < -0.39 is 49.9 Å². The minimum atomic E-state index is -4.64. The van der Waals surface area contributed by atoms with E-state index in [0.717, 1.165) is 25.0 Å². The molecule has 0 radical (unpaired) electrons. The lowest BCUT2D eigenvalue weighted by atomic mass is 10.2. The molecule has 0 amide bonds. The fourth-order valence-corrected chi connectivity index (χ4v) is 8.75. The number of sulfone groups is 1. The Morgan fingerprint density at radius 1 is 0.838 bits per heavy atom. The van der Waals surface area contributed by atoms with Gasteiger partial charge in [-0.2, -0.15) is 8.42 Å². The fourth-order valence-electron chi connectivity index (χ4n) is 4.31. The first kappa shape index (κ1) is 27.2. The molecule has 0 unspecified atom stereocenters. The van der Waals surface area contributed by atoms with Gasteiger partial charge in [0.1, 0.15) is 21.3 Å². The standard InChI is InChI=1S/C24H28N2O8S3/c25-36(29,30)24-16-22(37(31,32)34-18-9-4-3-5-10-18)21(26-17-19-11-8-14-33-19)15-23(24)35(27,28)20-12-6-1-2-7-13-20/h3-5,8-11,14-16,20,26H,1-2,6-7,12-13,17H2,(H2,25,29,30). The summed E-state index contributed by atoms with van der Waals surface area (Å²) in [6.07, 6.45) is 5.33. The molecule has 0 spiro atoms. The molecule has 37 heavy (non-hydrogen) atoms. The van der Waals surface area contributed by atoms with E-state index in [0.29, 0.717) is 31.4 Å². The minimum absolute atomic E-state index is 0.00149.